The Kier molecular flexibility index (Phi) is 5.46. The van der Waals surface area contributed by atoms with Crippen molar-refractivity contribution in [1.82, 2.24) is 14.7 Å². The maximum atomic E-state index is 13.7. The quantitative estimate of drug-likeness (QED) is 0.595. The Morgan fingerprint density at radius 1 is 1.23 bits per heavy atom. The predicted molar refractivity (Wildman–Crippen MR) is 112 cm³/mol. The van der Waals surface area contributed by atoms with Crippen LogP contribution < -0.4 is 5.56 Å². The smallest absolute Gasteiger partial charge is 0.275 e. The van der Waals surface area contributed by atoms with E-state index in [2.05, 4.69) is 5.10 Å². The average Bonchev–Trinajstić information content (AvgIpc) is 3.37. The molecule has 3 heterocycles. The molecule has 1 atom stereocenters. The molecule has 1 aliphatic heterocycles. The fourth-order valence-electron chi connectivity index (χ4n) is 3.85. The molecule has 1 aromatic carbocycles. The van der Waals surface area contributed by atoms with Gasteiger partial charge in [-0.15, -0.1) is 0 Å². The summed E-state index contributed by atoms with van der Waals surface area (Å²) in [5, 5.41) is 5.26. The number of hydrogen-bond donors (Lipinski definition) is 0. The first-order valence-corrected chi connectivity index (χ1v) is 11.8. The van der Waals surface area contributed by atoms with Crippen molar-refractivity contribution in [2.45, 2.75) is 38.9 Å². The highest BCUT2D eigenvalue weighted by Crippen LogP contribution is 2.24. The minimum atomic E-state index is -3.20. The first kappa shape index (κ1) is 20.3. The molecule has 158 valence electrons. The number of aromatic nitrogens is 2. The molecule has 4 rings (SSSR count). The molecule has 30 heavy (non-hydrogen) atoms. The second-order valence-electron chi connectivity index (χ2n) is 7.49. The van der Waals surface area contributed by atoms with E-state index < -0.39 is 21.8 Å². The van der Waals surface area contributed by atoms with Gasteiger partial charge in [-0.05, 0) is 31.0 Å². The van der Waals surface area contributed by atoms with Gasteiger partial charge >= 0.3 is 0 Å². The highest BCUT2D eigenvalue weighted by atomic mass is 32.2. The molecule has 0 spiro atoms. The number of fused-ring (bicyclic) bond motifs is 1. The van der Waals surface area contributed by atoms with Crippen molar-refractivity contribution in [3.05, 3.63) is 64.5 Å². The van der Waals surface area contributed by atoms with E-state index in [0.717, 1.165) is 0 Å². The third kappa shape index (κ3) is 3.89. The predicted octanol–water partition coefficient (Wildman–Crippen LogP) is 2.23. The van der Waals surface area contributed by atoms with E-state index in [1.54, 1.807) is 36.4 Å². The third-order valence-electron chi connectivity index (χ3n) is 5.32. The SMILES string of the molecule is CCCn1nc(C(=O)N(Cc2ccco2)C2CCS(=O)(=O)C2)c2ccccc2c1=O. The zero-order valence-corrected chi connectivity index (χ0v) is 17.5. The minimum absolute atomic E-state index is 0.0448. The lowest BCUT2D eigenvalue weighted by Gasteiger charge is -2.27. The molecule has 3 aromatic rings. The third-order valence-corrected chi connectivity index (χ3v) is 7.07. The number of carbonyl (C=O) groups is 1. The minimum Gasteiger partial charge on any atom is -0.467 e. The second kappa shape index (κ2) is 8.06. The molecule has 0 aliphatic carbocycles. The fourth-order valence-corrected chi connectivity index (χ4v) is 5.58. The molecule has 1 fully saturated rings. The van der Waals surface area contributed by atoms with Crippen LogP contribution in [0.15, 0.2) is 51.9 Å². The van der Waals surface area contributed by atoms with E-state index in [9.17, 15) is 18.0 Å². The van der Waals surface area contributed by atoms with Crippen LogP contribution in [0.5, 0.6) is 0 Å². The van der Waals surface area contributed by atoms with Gasteiger partial charge in [-0.25, -0.2) is 13.1 Å². The van der Waals surface area contributed by atoms with Crippen molar-refractivity contribution in [3.63, 3.8) is 0 Å². The van der Waals surface area contributed by atoms with Crippen LogP contribution in [0.3, 0.4) is 0 Å². The van der Waals surface area contributed by atoms with Crippen molar-refractivity contribution in [3.8, 4) is 0 Å². The lowest BCUT2D eigenvalue weighted by atomic mass is 10.1. The molecule has 1 amide bonds. The molecular weight excluding hydrogens is 406 g/mol. The van der Waals surface area contributed by atoms with Crippen molar-refractivity contribution < 1.29 is 17.6 Å². The van der Waals surface area contributed by atoms with E-state index in [-0.39, 0.29) is 29.3 Å². The van der Waals surface area contributed by atoms with Crippen molar-refractivity contribution in [2.75, 3.05) is 11.5 Å². The highest BCUT2D eigenvalue weighted by Gasteiger charge is 2.36. The number of benzene rings is 1. The molecule has 1 unspecified atom stereocenters. The molecule has 2 aromatic heterocycles. The number of nitrogens with zero attached hydrogens (tertiary/aromatic N) is 3. The Balaban J connectivity index is 1.82. The van der Waals surface area contributed by atoms with Crippen LogP contribution in [-0.2, 0) is 22.9 Å². The van der Waals surface area contributed by atoms with Crippen LogP contribution in [0.4, 0.5) is 0 Å². The first-order valence-electron chi connectivity index (χ1n) is 9.93. The van der Waals surface area contributed by atoms with E-state index in [0.29, 0.717) is 35.9 Å². The monoisotopic (exact) mass is 429 g/mol. The number of furan rings is 1. The van der Waals surface area contributed by atoms with Crippen molar-refractivity contribution in [1.29, 1.82) is 0 Å². The summed E-state index contributed by atoms with van der Waals surface area (Å²) < 4.78 is 30.9. The lowest BCUT2D eigenvalue weighted by Crippen LogP contribution is -2.42. The van der Waals surface area contributed by atoms with Crippen LogP contribution in [-0.4, -0.2) is 46.6 Å². The van der Waals surface area contributed by atoms with Crippen LogP contribution in [0.25, 0.3) is 10.8 Å². The van der Waals surface area contributed by atoms with E-state index in [1.165, 1.54) is 15.8 Å². The maximum absolute atomic E-state index is 13.7. The summed E-state index contributed by atoms with van der Waals surface area (Å²) in [5.74, 6) is 0.100. The number of sulfone groups is 1. The number of carbonyl (C=O) groups excluding carboxylic acids is 1. The normalized spacial score (nSPS) is 18.0. The molecule has 0 radical (unpaired) electrons. The molecule has 0 bridgehead atoms. The average molecular weight is 429 g/mol. The van der Waals surface area contributed by atoms with E-state index >= 15 is 0 Å². The van der Waals surface area contributed by atoms with Gasteiger partial charge < -0.3 is 9.32 Å². The number of hydrogen-bond acceptors (Lipinski definition) is 6. The zero-order chi connectivity index (χ0) is 21.3. The Hall–Kier alpha value is -2.94. The largest absolute Gasteiger partial charge is 0.467 e. The first-order chi connectivity index (χ1) is 14.4. The van der Waals surface area contributed by atoms with Gasteiger partial charge in [0.2, 0.25) is 0 Å². The van der Waals surface area contributed by atoms with Crippen LogP contribution in [0.1, 0.15) is 36.0 Å². The highest BCUT2D eigenvalue weighted by molar-refractivity contribution is 7.91. The molecule has 0 saturated carbocycles. The molecular formula is C21H23N3O5S. The van der Waals surface area contributed by atoms with E-state index in [1.807, 2.05) is 6.92 Å². The fraction of sp³-hybridized carbons (Fsp3) is 0.381. The number of amides is 1. The standard InChI is InChI=1S/C21H23N3O5S/c1-2-10-24-20(25)18-8-4-3-7-17(18)19(22-24)21(26)23(13-16-6-5-11-29-16)15-9-12-30(27,28)14-15/h3-8,11,15H,2,9-10,12-14H2,1H3. The van der Waals surface area contributed by atoms with Gasteiger partial charge in [0.15, 0.2) is 15.5 Å². The van der Waals surface area contributed by atoms with Crippen LogP contribution >= 0.6 is 0 Å². The van der Waals surface area contributed by atoms with Gasteiger partial charge in [-0.2, -0.15) is 5.10 Å². The summed E-state index contributed by atoms with van der Waals surface area (Å²) in [4.78, 5) is 27.9. The van der Waals surface area contributed by atoms with Crippen LogP contribution in [0, 0.1) is 0 Å². The Labute approximate surface area is 174 Å². The summed E-state index contributed by atoms with van der Waals surface area (Å²) in [7, 11) is -3.20. The topological polar surface area (TPSA) is 102 Å². The molecule has 1 saturated heterocycles. The Morgan fingerprint density at radius 3 is 2.63 bits per heavy atom. The van der Waals surface area contributed by atoms with Crippen LogP contribution in [0.2, 0.25) is 0 Å². The van der Waals surface area contributed by atoms with Gasteiger partial charge in [0.05, 0.1) is 29.7 Å². The Morgan fingerprint density at radius 2 is 2.00 bits per heavy atom. The van der Waals surface area contributed by atoms with Gasteiger partial charge in [0.1, 0.15) is 5.76 Å². The zero-order valence-electron chi connectivity index (χ0n) is 16.7. The van der Waals surface area contributed by atoms with E-state index in [4.69, 9.17) is 4.42 Å². The molecule has 9 heteroatoms. The maximum Gasteiger partial charge on any atom is 0.275 e. The van der Waals surface area contributed by atoms with Gasteiger partial charge in [-0.1, -0.05) is 25.1 Å². The summed E-state index contributed by atoms with van der Waals surface area (Å²) in [5.41, 5.74) is -0.0977. The van der Waals surface area contributed by atoms with Crippen molar-refractivity contribution in [2.24, 2.45) is 0 Å². The van der Waals surface area contributed by atoms with Crippen molar-refractivity contribution >= 4 is 26.5 Å². The summed E-state index contributed by atoms with van der Waals surface area (Å²) in [6.45, 7) is 2.45. The van der Waals surface area contributed by atoms with Gasteiger partial charge in [0, 0.05) is 18.0 Å². The molecule has 1 aliphatic rings. The molecule has 8 nitrogen and oxygen atoms in total. The number of rotatable bonds is 6. The van der Waals surface area contributed by atoms with Gasteiger partial charge in [0.25, 0.3) is 11.5 Å². The number of aryl methyl sites for hydroxylation is 1. The molecule has 0 N–H and O–H groups in total. The second-order valence-corrected chi connectivity index (χ2v) is 9.72. The van der Waals surface area contributed by atoms with Gasteiger partial charge in [-0.3, -0.25) is 9.59 Å². The summed E-state index contributed by atoms with van der Waals surface area (Å²) >= 11 is 0. The summed E-state index contributed by atoms with van der Waals surface area (Å²) in [6, 6.07) is 9.87. The Bertz CT molecular complexity index is 1230. The summed E-state index contributed by atoms with van der Waals surface area (Å²) in [6.07, 6.45) is 2.57. The lowest BCUT2D eigenvalue weighted by molar-refractivity contribution is 0.0659.